The van der Waals surface area contributed by atoms with E-state index in [1.807, 2.05) is 20.8 Å². The van der Waals surface area contributed by atoms with E-state index < -0.39 is 0 Å². The summed E-state index contributed by atoms with van der Waals surface area (Å²) in [6.45, 7) is 23.2. The summed E-state index contributed by atoms with van der Waals surface area (Å²) in [5.74, 6) is 0. The smallest absolute Gasteiger partial charge is 0.145 e. The number of benzene rings is 1. The van der Waals surface area contributed by atoms with E-state index in [2.05, 4.69) is 73.2 Å². The normalized spacial score (nSPS) is 15.7. The van der Waals surface area contributed by atoms with Gasteiger partial charge in [-0.1, -0.05) is 80.6 Å². The molecule has 0 aliphatic carbocycles. The zero-order valence-electron chi connectivity index (χ0n) is 19.8. The van der Waals surface area contributed by atoms with E-state index in [1.165, 1.54) is 11.1 Å². The fraction of sp³-hybridized carbons (Fsp3) is 0.500. The highest BCUT2D eigenvalue weighted by atomic mass is 16.5. The first-order chi connectivity index (χ1) is 14.5. The molecule has 1 aliphatic heterocycles. The maximum Gasteiger partial charge on any atom is 0.145 e. The Hall–Kier alpha value is -2.01. The molecule has 1 saturated heterocycles. The molecule has 1 aliphatic rings. The third kappa shape index (κ3) is 11.2. The molecule has 168 valence electrons. The number of rotatable bonds is 9. The van der Waals surface area contributed by atoms with Crippen LogP contribution in [0.2, 0.25) is 0 Å². The molecule has 0 N–H and O–H groups in total. The molecular formula is C26H42N2O2. The van der Waals surface area contributed by atoms with Gasteiger partial charge in [0.25, 0.3) is 0 Å². The molecule has 1 unspecified atom stereocenters. The monoisotopic (exact) mass is 414 g/mol. The zero-order chi connectivity index (χ0) is 22.8. The first-order valence-corrected chi connectivity index (χ1v) is 11.0. The van der Waals surface area contributed by atoms with Gasteiger partial charge < -0.3 is 9.53 Å². The minimum absolute atomic E-state index is 0.205. The zero-order valence-corrected chi connectivity index (χ0v) is 19.8. The highest BCUT2D eigenvalue weighted by Crippen LogP contribution is 2.29. The number of carbonyl (C=O) groups excluding carboxylic acids is 1. The molecule has 0 radical (unpaired) electrons. The summed E-state index contributed by atoms with van der Waals surface area (Å²) in [5, 5.41) is 0. The van der Waals surface area contributed by atoms with Gasteiger partial charge in [0.15, 0.2) is 0 Å². The fourth-order valence-corrected chi connectivity index (χ4v) is 3.13. The molecule has 0 spiro atoms. The van der Waals surface area contributed by atoms with Crippen LogP contribution in [0, 0.1) is 0 Å². The number of hydrogen-bond donors (Lipinski definition) is 0. The van der Waals surface area contributed by atoms with Gasteiger partial charge in [0.05, 0.1) is 12.6 Å². The predicted molar refractivity (Wildman–Crippen MR) is 130 cm³/mol. The summed E-state index contributed by atoms with van der Waals surface area (Å²) in [6, 6.07) is 11.1. The Morgan fingerprint density at radius 2 is 1.70 bits per heavy atom. The van der Waals surface area contributed by atoms with Gasteiger partial charge in [0, 0.05) is 32.7 Å². The quantitative estimate of drug-likeness (QED) is 0.237. The van der Waals surface area contributed by atoms with Gasteiger partial charge >= 0.3 is 0 Å². The molecule has 1 heterocycles. The molecule has 1 aromatic rings. The van der Waals surface area contributed by atoms with Crippen molar-refractivity contribution in [1.29, 1.82) is 0 Å². The number of nitrogens with zero attached hydrogens (tertiary/aromatic N) is 2. The maximum absolute atomic E-state index is 10.3. The van der Waals surface area contributed by atoms with Gasteiger partial charge in [-0.2, -0.15) is 0 Å². The van der Waals surface area contributed by atoms with Crippen molar-refractivity contribution in [1.82, 2.24) is 9.80 Å². The van der Waals surface area contributed by atoms with E-state index in [-0.39, 0.29) is 6.61 Å². The van der Waals surface area contributed by atoms with Crippen LogP contribution in [0.25, 0.3) is 0 Å². The van der Waals surface area contributed by atoms with Gasteiger partial charge in [-0.25, -0.2) is 0 Å². The number of allylic oxidation sites excluding steroid dienone is 3. The first kappa shape index (κ1) is 28.0. The number of hydrogen-bond acceptors (Lipinski definition) is 4. The number of ether oxygens (including phenoxy) is 1. The first-order valence-electron chi connectivity index (χ1n) is 11.0. The summed E-state index contributed by atoms with van der Waals surface area (Å²) in [6.07, 6.45) is 4.75. The van der Waals surface area contributed by atoms with Crippen molar-refractivity contribution >= 4 is 6.29 Å². The Balaban J connectivity index is 0.00000105. The average Bonchev–Trinajstić information content (AvgIpc) is 2.80. The van der Waals surface area contributed by atoms with Crippen LogP contribution >= 0.6 is 0 Å². The Labute approximate surface area is 184 Å². The Bertz CT molecular complexity index is 617. The Morgan fingerprint density at radius 3 is 2.17 bits per heavy atom. The van der Waals surface area contributed by atoms with E-state index in [0.717, 1.165) is 44.6 Å². The van der Waals surface area contributed by atoms with Crippen molar-refractivity contribution in [3.8, 4) is 0 Å². The minimum atomic E-state index is 0.205. The molecule has 1 fully saturated rings. The van der Waals surface area contributed by atoms with Gasteiger partial charge in [-0.15, -0.1) is 0 Å². The lowest BCUT2D eigenvalue weighted by Crippen LogP contribution is -2.48. The van der Waals surface area contributed by atoms with Gasteiger partial charge in [0.2, 0.25) is 0 Å². The predicted octanol–water partition coefficient (Wildman–Crippen LogP) is 5.30. The lowest BCUT2D eigenvalue weighted by atomic mass is 9.97. The van der Waals surface area contributed by atoms with Crippen LogP contribution in [0.1, 0.15) is 46.2 Å². The molecule has 0 aromatic heterocycles. The SMILES string of the molecule is C/C=C(\C)C(c1ccccc1)N1CCN(CCOCC=O)CC1.C=CC(=C)C.CC. The lowest BCUT2D eigenvalue weighted by molar-refractivity contribution is -0.112. The number of piperazine rings is 1. The van der Waals surface area contributed by atoms with Gasteiger partial charge in [0.1, 0.15) is 12.9 Å². The molecular weight excluding hydrogens is 372 g/mol. The van der Waals surface area contributed by atoms with Crippen molar-refractivity contribution in [3.63, 3.8) is 0 Å². The highest BCUT2D eigenvalue weighted by Gasteiger charge is 2.25. The molecule has 30 heavy (non-hydrogen) atoms. The molecule has 2 rings (SSSR count). The molecule has 0 amide bonds. The molecule has 1 aromatic carbocycles. The summed E-state index contributed by atoms with van der Waals surface area (Å²) in [4.78, 5) is 15.2. The summed E-state index contributed by atoms with van der Waals surface area (Å²) in [5.41, 5.74) is 3.79. The third-order valence-corrected chi connectivity index (χ3v) is 4.86. The second-order valence-corrected chi connectivity index (χ2v) is 7.02. The van der Waals surface area contributed by atoms with Crippen LogP contribution in [-0.2, 0) is 9.53 Å². The van der Waals surface area contributed by atoms with E-state index in [1.54, 1.807) is 6.08 Å². The molecule has 4 heteroatoms. The molecule has 0 bridgehead atoms. The van der Waals surface area contributed by atoms with Crippen LogP contribution in [0.4, 0.5) is 0 Å². The van der Waals surface area contributed by atoms with Gasteiger partial charge in [-0.05, 0) is 26.3 Å². The Kier molecular flexibility index (Phi) is 16.6. The van der Waals surface area contributed by atoms with Crippen LogP contribution in [0.3, 0.4) is 0 Å². The molecule has 0 saturated carbocycles. The van der Waals surface area contributed by atoms with Crippen molar-refractivity contribution in [2.75, 3.05) is 45.9 Å². The van der Waals surface area contributed by atoms with Crippen molar-refractivity contribution < 1.29 is 9.53 Å². The van der Waals surface area contributed by atoms with Crippen molar-refractivity contribution in [2.45, 2.75) is 40.7 Å². The second kappa shape index (κ2) is 17.8. The number of aldehydes is 1. The largest absolute Gasteiger partial charge is 0.373 e. The lowest BCUT2D eigenvalue weighted by Gasteiger charge is -2.40. The topological polar surface area (TPSA) is 32.8 Å². The third-order valence-electron chi connectivity index (χ3n) is 4.86. The van der Waals surface area contributed by atoms with Crippen molar-refractivity contribution in [2.24, 2.45) is 0 Å². The molecule has 1 atom stereocenters. The van der Waals surface area contributed by atoms with E-state index in [9.17, 15) is 4.79 Å². The second-order valence-electron chi connectivity index (χ2n) is 7.02. The van der Waals surface area contributed by atoms with Crippen LogP contribution in [0.5, 0.6) is 0 Å². The summed E-state index contributed by atoms with van der Waals surface area (Å²) in [7, 11) is 0. The standard InChI is InChI=1S/C19H28N2O2.C5H8.C2H6/c1-3-17(2)19(18-7-5-4-6-8-18)21-11-9-20(10-12-21)13-15-23-16-14-22;1-4-5(2)3;1-2/h3-8,14,19H,9-13,15-16H2,1-2H3;4H,1-2H2,3H3;1-2H3/b17-3+;;. The van der Waals surface area contributed by atoms with Gasteiger partial charge in [-0.3, -0.25) is 9.80 Å². The van der Waals surface area contributed by atoms with E-state index in [0.29, 0.717) is 12.6 Å². The average molecular weight is 415 g/mol. The van der Waals surface area contributed by atoms with Crippen molar-refractivity contribution in [3.05, 3.63) is 72.4 Å². The van der Waals surface area contributed by atoms with Crippen LogP contribution < -0.4 is 0 Å². The van der Waals surface area contributed by atoms with Crippen LogP contribution in [0.15, 0.2) is 66.8 Å². The van der Waals surface area contributed by atoms with E-state index in [4.69, 9.17) is 4.74 Å². The van der Waals surface area contributed by atoms with E-state index >= 15 is 0 Å². The minimum Gasteiger partial charge on any atom is -0.373 e. The summed E-state index contributed by atoms with van der Waals surface area (Å²) >= 11 is 0. The maximum atomic E-state index is 10.3. The highest BCUT2D eigenvalue weighted by molar-refractivity contribution is 5.50. The molecule has 4 nitrogen and oxygen atoms in total. The number of carbonyl (C=O) groups is 1. The van der Waals surface area contributed by atoms with Crippen LogP contribution in [-0.4, -0.2) is 62.0 Å². The summed E-state index contributed by atoms with van der Waals surface area (Å²) < 4.78 is 5.25. The Morgan fingerprint density at radius 1 is 1.13 bits per heavy atom. The fourth-order valence-electron chi connectivity index (χ4n) is 3.13.